The topological polar surface area (TPSA) is 203 Å². The van der Waals surface area contributed by atoms with Crippen LogP contribution in [0.2, 0.25) is 0 Å². The van der Waals surface area contributed by atoms with E-state index in [1.54, 1.807) is 0 Å². The molecule has 0 radical (unpaired) electrons. The van der Waals surface area contributed by atoms with Gasteiger partial charge in [-0.05, 0) is 64.5 Å². The minimum absolute atomic E-state index is 0.0601. The number of carbonyl (C=O) groups is 4. The van der Waals surface area contributed by atoms with E-state index in [0.717, 1.165) is 0 Å². The van der Waals surface area contributed by atoms with Crippen LogP contribution in [-0.2, 0) is 19.2 Å². The van der Waals surface area contributed by atoms with Crippen molar-refractivity contribution in [3.63, 3.8) is 0 Å². The SMILES string of the molecule is CCC(C)C(N)C(=O)NC(CCCCN)C(=O)NC(CCCCN)C(=O)NC(C)C(=O)O. The largest absolute Gasteiger partial charge is 0.480 e. The highest BCUT2D eigenvalue weighted by Crippen LogP contribution is 2.09. The van der Waals surface area contributed by atoms with Gasteiger partial charge in [0.15, 0.2) is 0 Å². The Morgan fingerprint density at radius 1 is 0.781 bits per heavy atom. The van der Waals surface area contributed by atoms with Crippen molar-refractivity contribution in [3.8, 4) is 0 Å². The third-order valence-electron chi connectivity index (χ3n) is 5.45. The molecule has 0 aromatic heterocycles. The Balaban J connectivity index is 5.37. The number of hydrogen-bond acceptors (Lipinski definition) is 7. The first-order valence-corrected chi connectivity index (χ1v) is 11.4. The highest BCUT2D eigenvalue weighted by atomic mass is 16.4. The number of unbranched alkanes of at least 4 members (excludes halogenated alkanes) is 2. The van der Waals surface area contributed by atoms with Gasteiger partial charge in [-0.3, -0.25) is 19.2 Å². The highest BCUT2D eigenvalue weighted by molar-refractivity contribution is 5.94. The summed E-state index contributed by atoms with van der Waals surface area (Å²) in [7, 11) is 0. The molecule has 0 rings (SSSR count). The maximum atomic E-state index is 13.0. The predicted molar refractivity (Wildman–Crippen MR) is 122 cm³/mol. The van der Waals surface area contributed by atoms with Crippen molar-refractivity contribution in [2.75, 3.05) is 13.1 Å². The van der Waals surface area contributed by atoms with Gasteiger partial charge in [-0.1, -0.05) is 20.3 Å². The molecule has 0 saturated heterocycles. The number of rotatable bonds is 17. The molecule has 11 nitrogen and oxygen atoms in total. The van der Waals surface area contributed by atoms with Gasteiger partial charge in [0.2, 0.25) is 17.7 Å². The van der Waals surface area contributed by atoms with Gasteiger partial charge in [-0.15, -0.1) is 0 Å². The van der Waals surface area contributed by atoms with Crippen LogP contribution >= 0.6 is 0 Å². The molecule has 10 N–H and O–H groups in total. The van der Waals surface area contributed by atoms with Gasteiger partial charge in [0.1, 0.15) is 18.1 Å². The number of nitrogens with two attached hydrogens (primary N) is 3. The van der Waals surface area contributed by atoms with Crippen LogP contribution in [0.15, 0.2) is 0 Å². The molecule has 0 aromatic rings. The average Bonchev–Trinajstić information content (AvgIpc) is 2.76. The number of aliphatic carboxylic acids is 1. The van der Waals surface area contributed by atoms with Crippen molar-refractivity contribution in [3.05, 3.63) is 0 Å². The Kier molecular flexibility index (Phi) is 15.3. The third kappa shape index (κ3) is 11.4. The van der Waals surface area contributed by atoms with E-state index in [2.05, 4.69) is 16.0 Å². The van der Waals surface area contributed by atoms with Gasteiger partial charge in [-0.25, -0.2) is 0 Å². The first-order chi connectivity index (χ1) is 15.1. The molecule has 0 fully saturated rings. The van der Waals surface area contributed by atoms with E-state index in [4.69, 9.17) is 22.3 Å². The minimum Gasteiger partial charge on any atom is -0.480 e. The normalized spacial score (nSPS) is 15.7. The van der Waals surface area contributed by atoms with Crippen molar-refractivity contribution in [2.24, 2.45) is 23.1 Å². The summed E-state index contributed by atoms with van der Waals surface area (Å²) in [6, 6.07) is -3.70. The zero-order valence-corrected chi connectivity index (χ0v) is 19.6. The first kappa shape index (κ1) is 29.8. The molecule has 0 spiro atoms. The van der Waals surface area contributed by atoms with Crippen LogP contribution in [0.4, 0.5) is 0 Å². The van der Waals surface area contributed by atoms with Crippen LogP contribution in [0.25, 0.3) is 0 Å². The second kappa shape index (κ2) is 16.4. The van der Waals surface area contributed by atoms with E-state index in [9.17, 15) is 19.2 Å². The number of amides is 3. The molecule has 11 heteroatoms. The molecule has 0 saturated carbocycles. The molecular weight excluding hydrogens is 416 g/mol. The zero-order chi connectivity index (χ0) is 24.7. The van der Waals surface area contributed by atoms with Gasteiger partial charge in [0.25, 0.3) is 0 Å². The lowest BCUT2D eigenvalue weighted by atomic mass is 9.98. The molecule has 0 aliphatic heterocycles. The maximum absolute atomic E-state index is 13.0. The molecule has 5 atom stereocenters. The Bertz CT molecular complexity index is 603. The molecule has 0 aliphatic rings. The van der Waals surface area contributed by atoms with Gasteiger partial charge >= 0.3 is 5.97 Å². The molecule has 0 aromatic carbocycles. The van der Waals surface area contributed by atoms with E-state index in [1.807, 2.05) is 13.8 Å². The van der Waals surface area contributed by atoms with E-state index in [-0.39, 0.29) is 12.3 Å². The summed E-state index contributed by atoms with van der Waals surface area (Å²) in [5, 5.41) is 16.8. The van der Waals surface area contributed by atoms with Crippen LogP contribution in [-0.4, -0.2) is 66.1 Å². The molecule has 32 heavy (non-hydrogen) atoms. The third-order valence-corrected chi connectivity index (χ3v) is 5.45. The number of nitrogens with one attached hydrogen (secondary N) is 3. The zero-order valence-electron chi connectivity index (χ0n) is 19.6. The lowest BCUT2D eigenvalue weighted by Gasteiger charge is -2.26. The fraction of sp³-hybridized carbons (Fsp3) is 0.810. The predicted octanol–water partition coefficient (Wildman–Crippen LogP) is -0.823. The minimum atomic E-state index is -1.18. The molecule has 3 amide bonds. The van der Waals surface area contributed by atoms with Crippen LogP contribution in [0.5, 0.6) is 0 Å². The lowest BCUT2D eigenvalue weighted by Crippen LogP contribution is -2.57. The Labute approximate surface area is 190 Å². The standard InChI is InChI=1S/C21H42N6O5/c1-4-13(2)17(24)20(30)27-16(10-6-8-12-23)19(29)26-15(9-5-7-11-22)18(28)25-14(3)21(31)32/h13-17H,4-12,22-24H2,1-3H3,(H,25,28)(H,26,29)(H,27,30)(H,31,32). The molecule has 186 valence electrons. The number of carboxylic acids is 1. The monoisotopic (exact) mass is 458 g/mol. The smallest absolute Gasteiger partial charge is 0.325 e. The molecule has 0 heterocycles. The summed E-state index contributed by atoms with van der Waals surface area (Å²) < 4.78 is 0. The summed E-state index contributed by atoms with van der Waals surface area (Å²) in [6.45, 7) is 6.00. The van der Waals surface area contributed by atoms with Crippen LogP contribution in [0.3, 0.4) is 0 Å². The number of carbonyl (C=O) groups excluding carboxylic acids is 3. The fourth-order valence-electron chi connectivity index (χ4n) is 2.95. The summed E-state index contributed by atoms with van der Waals surface area (Å²) >= 11 is 0. The lowest BCUT2D eigenvalue weighted by molar-refractivity contribution is -0.141. The van der Waals surface area contributed by atoms with Gasteiger partial charge < -0.3 is 38.3 Å². The maximum Gasteiger partial charge on any atom is 0.325 e. The van der Waals surface area contributed by atoms with Crippen molar-refractivity contribution >= 4 is 23.7 Å². The number of carboxylic acid groups (broad SMARTS) is 1. The van der Waals surface area contributed by atoms with E-state index >= 15 is 0 Å². The average molecular weight is 459 g/mol. The van der Waals surface area contributed by atoms with Gasteiger partial charge in [-0.2, -0.15) is 0 Å². The molecular formula is C21H42N6O5. The van der Waals surface area contributed by atoms with Crippen molar-refractivity contribution < 1.29 is 24.3 Å². The summed E-state index contributed by atoms with van der Waals surface area (Å²) in [6.07, 6.45) is 3.83. The number of hydrogen-bond donors (Lipinski definition) is 7. The molecule has 0 bridgehead atoms. The quantitative estimate of drug-likeness (QED) is 0.137. The van der Waals surface area contributed by atoms with Crippen molar-refractivity contribution in [1.29, 1.82) is 0 Å². The van der Waals surface area contributed by atoms with E-state index < -0.39 is 47.9 Å². The van der Waals surface area contributed by atoms with E-state index in [1.165, 1.54) is 6.92 Å². The van der Waals surface area contributed by atoms with Gasteiger partial charge in [0, 0.05) is 0 Å². The van der Waals surface area contributed by atoms with Crippen molar-refractivity contribution in [1.82, 2.24) is 16.0 Å². The second-order valence-electron chi connectivity index (χ2n) is 8.17. The Hall–Kier alpha value is -2.24. The van der Waals surface area contributed by atoms with E-state index in [0.29, 0.717) is 51.6 Å². The van der Waals surface area contributed by atoms with Crippen LogP contribution < -0.4 is 33.2 Å². The summed E-state index contributed by atoms with van der Waals surface area (Å²) in [5.74, 6) is -2.81. The summed E-state index contributed by atoms with van der Waals surface area (Å²) in [4.78, 5) is 49.2. The Morgan fingerprint density at radius 2 is 1.22 bits per heavy atom. The van der Waals surface area contributed by atoms with Crippen molar-refractivity contribution in [2.45, 2.75) is 89.9 Å². The highest BCUT2D eigenvalue weighted by Gasteiger charge is 2.29. The Morgan fingerprint density at radius 3 is 1.62 bits per heavy atom. The van der Waals surface area contributed by atoms with Crippen LogP contribution in [0.1, 0.15) is 65.7 Å². The van der Waals surface area contributed by atoms with Gasteiger partial charge in [0.05, 0.1) is 6.04 Å². The molecule has 0 aliphatic carbocycles. The molecule has 5 unspecified atom stereocenters. The second-order valence-corrected chi connectivity index (χ2v) is 8.17. The van der Waals surface area contributed by atoms with Crippen LogP contribution in [0, 0.1) is 5.92 Å². The summed E-state index contributed by atoms with van der Waals surface area (Å²) in [5.41, 5.74) is 17.0. The first-order valence-electron chi connectivity index (χ1n) is 11.4. The fourth-order valence-corrected chi connectivity index (χ4v) is 2.95.